The van der Waals surface area contributed by atoms with Crippen molar-refractivity contribution in [1.29, 1.82) is 0 Å². The van der Waals surface area contributed by atoms with Crippen LogP contribution in [0.3, 0.4) is 0 Å². The zero-order valence-electron chi connectivity index (χ0n) is 10.6. The molecule has 7 heteroatoms. The molecular weight excluding hydrogens is 256 g/mol. The number of urea groups is 1. The summed E-state index contributed by atoms with van der Waals surface area (Å²) in [5.74, 6) is 0.538. The number of nitrogens with one attached hydrogen (secondary N) is 1. The molecule has 1 saturated heterocycles. The molecule has 0 aliphatic carbocycles. The van der Waals surface area contributed by atoms with Crippen LogP contribution in [-0.2, 0) is 15.6 Å². The van der Waals surface area contributed by atoms with Gasteiger partial charge in [0.25, 0.3) is 0 Å². The third kappa shape index (κ3) is 5.48. The van der Waals surface area contributed by atoms with Gasteiger partial charge >= 0.3 is 12.0 Å². The van der Waals surface area contributed by atoms with Crippen LogP contribution in [-0.4, -0.2) is 57.4 Å². The summed E-state index contributed by atoms with van der Waals surface area (Å²) >= 11 is 0. The first-order valence-corrected chi connectivity index (χ1v) is 7.57. The van der Waals surface area contributed by atoms with Crippen molar-refractivity contribution < 1.29 is 18.9 Å². The Kier molecular flexibility index (Phi) is 6.11. The normalized spacial score (nSPS) is 24.4. The van der Waals surface area contributed by atoms with E-state index in [0.29, 0.717) is 37.6 Å². The number of amides is 2. The minimum absolute atomic E-state index is 0.0562. The summed E-state index contributed by atoms with van der Waals surface area (Å²) in [4.78, 5) is 23.8. The maximum Gasteiger partial charge on any atom is 0.317 e. The van der Waals surface area contributed by atoms with Gasteiger partial charge in [0.15, 0.2) is 0 Å². The van der Waals surface area contributed by atoms with Crippen molar-refractivity contribution in [2.75, 3.05) is 31.1 Å². The van der Waals surface area contributed by atoms with Crippen LogP contribution < -0.4 is 5.32 Å². The van der Waals surface area contributed by atoms with Crippen LogP contribution in [0, 0.1) is 5.92 Å². The van der Waals surface area contributed by atoms with E-state index >= 15 is 0 Å². The molecule has 0 radical (unpaired) electrons. The zero-order valence-corrected chi connectivity index (χ0v) is 11.4. The molecule has 1 fully saturated rings. The molecule has 0 aromatic carbocycles. The van der Waals surface area contributed by atoms with Crippen LogP contribution in [0.5, 0.6) is 0 Å². The average molecular weight is 276 g/mol. The highest BCUT2D eigenvalue weighted by Gasteiger charge is 2.22. The predicted molar refractivity (Wildman–Crippen MR) is 68.9 cm³/mol. The van der Waals surface area contributed by atoms with Crippen molar-refractivity contribution in [2.24, 2.45) is 5.92 Å². The van der Waals surface area contributed by atoms with Crippen LogP contribution >= 0.6 is 0 Å². The molecule has 1 heterocycles. The van der Waals surface area contributed by atoms with Gasteiger partial charge in [-0.25, -0.2) is 4.79 Å². The number of aliphatic carboxylic acids is 1. The first-order valence-electron chi connectivity index (χ1n) is 6.08. The number of carbonyl (C=O) groups excluding carboxylic acids is 1. The quantitative estimate of drug-likeness (QED) is 0.721. The molecule has 0 bridgehead atoms. The maximum absolute atomic E-state index is 11.8. The maximum atomic E-state index is 11.8. The smallest absolute Gasteiger partial charge is 0.317 e. The highest BCUT2D eigenvalue weighted by Crippen LogP contribution is 2.08. The third-order valence-electron chi connectivity index (χ3n) is 2.72. The molecule has 2 atom stereocenters. The van der Waals surface area contributed by atoms with Gasteiger partial charge in [0, 0.05) is 48.4 Å². The Balaban J connectivity index is 2.31. The SMILES string of the molecule is CC1CN(C(=O)NCCCC(=O)O)CCS(=O)C1. The van der Waals surface area contributed by atoms with Crippen LogP contribution in [0.2, 0.25) is 0 Å². The van der Waals surface area contributed by atoms with Gasteiger partial charge in [0.1, 0.15) is 0 Å². The van der Waals surface area contributed by atoms with Gasteiger partial charge in [-0.2, -0.15) is 0 Å². The fourth-order valence-corrected chi connectivity index (χ4v) is 3.19. The number of carboxylic acids is 1. The van der Waals surface area contributed by atoms with Crippen LogP contribution in [0.4, 0.5) is 4.79 Å². The van der Waals surface area contributed by atoms with E-state index in [-0.39, 0.29) is 18.4 Å². The average Bonchev–Trinajstić information content (AvgIpc) is 2.45. The third-order valence-corrected chi connectivity index (χ3v) is 4.30. The fourth-order valence-electron chi connectivity index (χ4n) is 1.86. The Hall–Kier alpha value is -1.11. The van der Waals surface area contributed by atoms with E-state index in [0.717, 1.165) is 0 Å². The summed E-state index contributed by atoms with van der Waals surface area (Å²) < 4.78 is 11.5. The van der Waals surface area contributed by atoms with Crippen molar-refractivity contribution in [3.8, 4) is 0 Å². The monoisotopic (exact) mass is 276 g/mol. The lowest BCUT2D eigenvalue weighted by Crippen LogP contribution is -2.43. The standard InChI is InChI=1S/C11H20N2O4S/c1-9-7-13(5-6-18(17)8-9)11(16)12-4-2-3-10(14)15/h9H,2-8H2,1H3,(H,12,16)(H,14,15). The highest BCUT2D eigenvalue weighted by atomic mass is 32.2. The van der Waals surface area contributed by atoms with Gasteiger partial charge in [0.05, 0.1) is 0 Å². The van der Waals surface area contributed by atoms with E-state index in [1.165, 1.54) is 0 Å². The second-order valence-electron chi connectivity index (χ2n) is 4.59. The molecular formula is C11H20N2O4S. The summed E-state index contributed by atoms with van der Waals surface area (Å²) in [7, 11) is -0.838. The molecule has 0 aromatic heterocycles. The molecule has 2 unspecified atom stereocenters. The van der Waals surface area contributed by atoms with Gasteiger partial charge < -0.3 is 15.3 Å². The lowest BCUT2D eigenvalue weighted by Gasteiger charge is -2.22. The van der Waals surface area contributed by atoms with Crippen molar-refractivity contribution >= 4 is 22.8 Å². The van der Waals surface area contributed by atoms with Gasteiger partial charge in [-0.1, -0.05) is 6.92 Å². The van der Waals surface area contributed by atoms with Gasteiger partial charge in [-0.3, -0.25) is 9.00 Å². The summed E-state index contributed by atoms with van der Waals surface area (Å²) in [5, 5.41) is 11.2. The van der Waals surface area contributed by atoms with E-state index in [9.17, 15) is 13.8 Å². The van der Waals surface area contributed by atoms with Gasteiger partial charge in [-0.05, 0) is 12.3 Å². The number of hydrogen-bond acceptors (Lipinski definition) is 3. The molecule has 0 aromatic rings. The molecule has 104 valence electrons. The van der Waals surface area contributed by atoms with E-state index < -0.39 is 16.8 Å². The fraction of sp³-hybridized carbons (Fsp3) is 0.818. The first-order chi connectivity index (χ1) is 8.49. The Morgan fingerprint density at radius 3 is 2.89 bits per heavy atom. The molecule has 0 saturated carbocycles. The number of carbonyl (C=O) groups is 2. The van der Waals surface area contributed by atoms with E-state index in [1.54, 1.807) is 4.90 Å². The van der Waals surface area contributed by atoms with Crippen molar-refractivity contribution in [1.82, 2.24) is 10.2 Å². The minimum Gasteiger partial charge on any atom is -0.481 e. The van der Waals surface area contributed by atoms with Crippen LogP contribution in [0.15, 0.2) is 0 Å². The Morgan fingerprint density at radius 2 is 2.22 bits per heavy atom. The summed E-state index contributed by atoms with van der Waals surface area (Å²) in [6.45, 7) is 3.45. The van der Waals surface area contributed by atoms with Crippen LogP contribution in [0.1, 0.15) is 19.8 Å². The lowest BCUT2D eigenvalue weighted by atomic mass is 10.2. The summed E-state index contributed by atoms with van der Waals surface area (Å²) in [5.41, 5.74) is 0. The number of carboxylic acid groups (broad SMARTS) is 1. The van der Waals surface area contributed by atoms with Crippen molar-refractivity contribution in [3.05, 3.63) is 0 Å². The second kappa shape index (κ2) is 7.35. The van der Waals surface area contributed by atoms with Gasteiger partial charge in [0.2, 0.25) is 0 Å². The summed E-state index contributed by atoms with van der Waals surface area (Å²) in [6, 6.07) is -0.189. The van der Waals surface area contributed by atoms with E-state index in [2.05, 4.69) is 5.32 Å². The van der Waals surface area contributed by atoms with E-state index in [4.69, 9.17) is 5.11 Å². The molecule has 2 amide bonds. The Labute approximate surface area is 109 Å². The molecule has 6 nitrogen and oxygen atoms in total. The van der Waals surface area contributed by atoms with Crippen molar-refractivity contribution in [3.63, 3.8) is 0 Å². The number of nitrogens with zero attached hydrogens (tertiary/aromatic N) is 1. The first kappa shape index (κ1) is 14.9. The Bertz CT molecular complexity index is 335. The molecule has 18 heavy (non-hydrogen) atoms. The topological polar surface area (TPSA) is 86.7 Å². The predicted octanol–water partition coefficient (Wildman–Crippen LogP) is 0.261. The lowest BCUT2D eigenvalue weighted by molar-refractivity contribution is -0.137. The number of hydrogen-bond donors (Lipinski definition) is 2. The largest absolute Gasteiger partial charge is 0.481 e. The molecule has 1 aliphatic rings. The molecule has 2 N–H and O–H groups in total. The molecule has 0 spiro atoms. The Morgan fingerprint density at radius 1 is 1.50 bits per heavy atom. The minimum atomic E-state index is -0.858. The molecule has 1 aliphatic heterocycles. The van der Waals surface area contributed by atoms with Crippen LogP contribution in [0.25, 0.3) is 0 Å². The van der Waals surface area contributed by atoms with Gasteiger partial charge in [-0.15, -0.1) is 0 Å². The highest BCUT2D eigenvalue weighted by molar-refractivity contribution is 7.85. The zero-order chi connectivity index (χ0) is 13.5. The summed E-state index contributed by atoms with van der Waals surface area (Å²) in [6.07, 6.45) is 0.483. The van der Waals surface area contributed by atoms with E-state index in [1.807, 2.05) is 6.92 Å². The number of rotatable bonds is 4. The van der Waals surface area contributed by atoms with Crippen molar-refractivity contribution in [2.45, 2.75) is 19.8 Å². The second-order valence-corrected chi connectivity index (χ2v) is 6.21. The molecule has 1 rings (SSSR count).